The van der Waals surface area contributed by atoms with Gasteiger partial charge in [-0.25, -0.2) is 4.98 Å². The second-order valence-corrected chi connectivity index (χ2v) is 6.54. The standard InChI is InChI=1S/C16H18N2O2S/c1-9(20-4)16-17-15(10(2)21-16)11-5-6-13-12(7-11)8-14(19)18(13)3/h5-7,9H,8H2,1-4H3/t9-/m1/s1. The third-order valence-corrected chi connectivity index (χ3v) is 5.08. The first kappa shape index (κ1) is 14.2. The van der Waals surface area contributed by atoms with Crippen molar-refractivity contribution in [3.8, 4) is 11.3 Å². The largest absolute Gasteiger partial charge is 0.375 e. The van der Waals surface area contributed by atoms with Crippen molar-refractivity contribution >= 4 is 22.9 Å². The number of amides is 1. The average Bonchev–Trinajstić information content (AvgIpc) is 2.99. The van der Waals surface area contributed by atoms with E-state index in [0.717, 1.165) is 27.5 Å². The Bertz CT molecular complexity index is 708. The maximum absolute atomic E-state index is 11.8. The van der Waals surface area contributed by atoms with Gasteiger partial charge in [0.2, 0.25) is 5.91 Å². The smallest absolute Gasteiger partial charge is 0.231 e. The summed E-state index contributed by atoms with van der Waals surface area (Å²) in [7, 11) is 3.51. The quantitative estimate of drug-likeness (QED) is 0.873. The number of hydrogen-bond donors (Lipinski definition) is 0. The Balaban J connectivity index is 2.01. The Morgan fingerprint density at radius 2 is 2.19 bits per heavy atom. The van der Waals surface area contributed by atoms with E-state index >= 15 is 0 Å². The summed E-state index contributed by atoms with van der Waals surface area (Å²) in [6.07, 6.45) is 0.481. The van der Waals surface area contributed by atoms with E-state index in [0.29, 0.717) is 6.42 Å². The number of thiazole rings is 1. The van der Waals surface area contributed by atoms with Gasteiger partial charge in [-0.2, -0.15) is 0 Å². The number of rotatable bonds is 3. The van der Waals surface area contributed by atoms with Gasteiger partial charge in [-0.3, -0.25) is 4.79 Å². The van der Waals surface area contributed by atoms with Crippen LogP contribution in [0.1, 0.15) is 28.5 Å². The van der Waals surface area contributed by atoms with Gasteiger partial charge in [0.1, 0.15) is 11.1 Å². The van der Waals surface area contributed by atoms with Crippen LogP contribution in [0.2, 0.25) is 0 Å². The van der Waals surface area contributed by atoms with Crippen LogP contribution in [0.4, 0.5) is 5.69 Å². The molecule has 5 heteroatoms. The number of anilines is 1. The Labute approximate surface area is 128 Å². The number of likely N-dealkylation sites (N-methyl/N-ethyl adjacent to an activating group) is 1. The van der Waals surface area contributed by atoms with Crippen molar-refractivity contribution in [2.45, 2.75) is 26.4 Å². The fraction of sp³-hybridized carbons (Fsp3) is 0.375. The fourth-order valence-corrected chi connectivity index (χ4v) is 3.55. The lowest BCUT2D eigenvalue weighted by Gasteiger charge is -2.10. The van der Waals surface area contributed by atoms with Gasteiger partial charge >= 0.3 is 0 Å². The summed E-state index contributed by atoms with van der Waals surface area (Å²) in [5.41, 5.74) is 4.14. The molecule has 1 aliphatic rings. The van der Waals surface area contributed by atoms with E-state index in [-0.39, 0.29) is 12.0 Å². The Morgan fingerprint density at radius 3 is 2.90 bits per heavy atom. The Kier molecular flexibility index (Phi) is 3.55. The van der Waals surface area contributed by atoms with Gasteiger partial charge in [0, 0.05) is 30.3 Å². The highest BCUT2D eigenvalue weighted by Gasteiger charge is 2.24. The van der Waals surface area contributed by atoms with Gasteiger partial charge in [-0.15, -0.1) is 11.3 Å². The number of methoxy groups -OCH3 is 1. The van der Waals surface area contributed by atoms with E-state index in [1.165, 1.54) is 4.88 Å². The summed E-state index contributed by atoms with van der Waals surface area (Å²) < 4.78 is 5.34. The van der Waals surface area contributed by atoms with Crippen LogP contribution in [0.15, 0.2) is 18.2 Å². The SMILES string of the molecule is CO[C@H](C)c1nc(-c2ccc3c(c2)CC(=O)N3C)c(C)s1. The molecular weight excluding hydrogens is 284 g/mol. The van der Waals surface area contributed by atoms with Crippen molar-refractivity contribution in [1.82, 2.24) is 4.98 Å². The fourth-order valence-electron chi connectivity index (χ4n) is 2.58. The van der Waals surface area contributed by atoms with Crippen molar-refractivity contribution in [2.24, 2.45) is 0 Å². The molecule has 0 fully saturated rings. The first-order valence-corrected chi connectivity index (χ1v) is 7.73. The molecule has 0 saturated carbocycles. The summed E-state index contributed by atoms with van der Waals surface area (Å²) in [6, 6.07) is 6.13. The lowest BCUT2D eigenvalue weighted by atomic mass is 10.1. The molecule has 0 spiro atoms. The number of aryl methyl sites for hydroxylation is 1. The van der Waals surface area contributed by atoms with E-state index in [2.05, 4.69) is 13.0 Å². The van der Waals surface area contributed by atoms with Gasteiger partial charge in [0.05, 0.1) is 12.1 Å². The van der Waals surface area contributed by atoms with E-state index in [1.54, 1.807) is 23.3 Å². The number of carbonyl (C=O) groups excluding carboxylic acids is 1. The third-order valence-electron chi connectivity index (χ3n) is 3.94. The molecule has 0 unspecified atom stereocenters. The monoisotopic (exact) mass is 302 g/mol. The molecule has 0 saturated heterocycles. The maximum Gasteiger partial charge on any atom is 0.231 e. The number of aromatic nitrogens is 1. The molecule has 1 amide bonds. The van der Waals surface area contributed by atoms with Crippen molar-refractivity contribution in [3.63, 3.8) is 0 Å². The summed E-state index contributed by atoms with van der Waals surface area (Å²) >= 11 is 1.66. The lowest BCUT2D eigenvalue weighted by molar-refractivity contribution is -0.117. The first-order chi connectivity index (χ1) is 10.0. The molecule has 21 heavy (non-hydrogen) atoms. The van der Waals surface area contributed by atoms with Crippen LogP contribution in [0.25, 0.3) is 11.3 Å². The zero-order valence-corrected chi connectivity index (χ0v) is 13.5. The van der Waals surface area contributed by atoms with Crippen LogP contribution in [0, 0.1) is 6.92 Å². The van der Waals surface area contributed by atoms with E-state index in [1.807, 2.05) is 26.1 Å². The highest BCUT2D eigenvalue weighted by atomic mass is 32.1. The summed E-state index contributed by atoms with van der Waals surface area (Å²) in [5, 5.41) is 0.985. The van der Waals surface area contributed by atoms with Crippen LogP contribution in [-0.4, -0.2) is 25.0 Å². The minimum Gasteiger partial charge on any atom is -0.375 e. The summed E-state index contributed by atoms with van der Waals surface area (Å²) in [4.78, 5) is 19.4. The second kappa shape index (κ2) is 5.24. The molecule has 0 N–H and O–H groups in total. The Hall–Kier alpha value is -1.72. The zero-order valence-electron chi connectivity index (χ0n) is 12.6. The number of hydrogen-bond acceptors (Lipinski definition) is 4. The first-order valence-electron chi connectivity index (χ1n) is 6.91. The third kappa shape index (κ3) is 2.36. The van der Waals surface area contributed by atoms with Crippen molar-refractivity contribution in [1.29, 1.82) is 0 Å². The summed E-state index contributed by atoms with van der Waals surface area (Å²) in [5.74, 6) is 0.144. The molecule has 2 aromatic rings. The molecule has 0 aliphatic carbocycles. The zero-order chi connectivity index (χ0) is 15.1. The van der Waals surface area contributed by atoms with Crippen molar-refractivity contribution in [2.75, 3.05) is 19.1 Å². The molecule has 1 aromatic heterocycles. The number of fused-ring (bicyclic) bond motifs is 1. The van der Waals surface area contributed by atoms with Crippen LogP contribution >= 0.6 is 11.3 Å². The Morgan fingerprint density at radius 1 is 1.43 bits per heavy atom. The van der Waals surface area contributed by atoms with Crippen LogP contribution in [-0.2, 0) is 16.0 Å². The highest BCUT2D eigenvalue weighted by molar-refractivity contribution is 7.12. The highest BCUT2D eigenvalue weighted by Crippen LogP contribution is 2.35. The lowest BCUT2D eigenvalue weighted by Crippen LogP contribution is -2.20. The average molecular weight is 302 g/mol. The van der Waals surface area contributed by atoms with Gasteiger partial charge in [0.25, 0.3) is 0 Å². The van der Waals surface area contributed by atoms with Crippen molar-refractivity contribution in [3.05, 3.63) is 33.6 Å². The molecule has 1 atom stereocenters. The van der Waals surface area contributed by atoms with Gasteiger partial charge in [0.15, 0.2) is 0 Å². The second-order valence-electron chi connectivity index (χ2n) is 5.31. The molecular formula is C16H18N2O2S. The van der Waals surface area contributed by atoms with Crippen LogP contribution in [0.5, 0.6) is 0 Å². The molecule has 2 heterocycles. The normalized spacial score (nSPS) is 15.4. The minimum absolute atomic E-state index is 0.00425. The van der Waals surface area contributed by atoms with E-state index in [9.17, 15) is 4.79 Å². The molecule has 1 aromatic carbocycles. The molecule has 0 radical (unpaired) electrons. The topological polar surface area (TPSA) is 42.4 Å². The van der Waals surface area contributed by atoms with Gasteiger partial charge in [-0.05, 0) is 31.5 Å². The molecule has 4 nitrogen and oxygen atoms in total. The van der Waals surface area contributed by atoms with Gasteiger partial charge < -0.3 is 9.64 Å². The minimum atomic E-state index is 0.00425. The van der Waals surface area contributed by atoms with E-state index in [4.69, 9.17) is 9.72 Å². The van der Waals surface area contributed by atoms with Crippen LogP contribution < -0.4 is 4.90 Å². The van der Waals surface area contributed by atoms with Gasteiger partial charge in [-0.1, -0.05) is 6.07 Å². The number of ether oxygens (including phenoxy) is 1. The predicted octanol–water partition coefficient (Wildman–Crippen LogP) is 3.34. The van der Waals surface area contributed by atoms with E-state index < -0.39 is 0 Å². The van der Waals surface area contributed by atoms with Crippen molar-refractivity contribution < 1.29 is 9.53 Å². The number of carbonyl (C=O) groups is 1. The maximum atomic E-state index is 11.8. The molecule has 0 bridgehead atoms. The number of nitrogens with zero attached hydrogens (tertiary/aromatic N) is 2. The predicted molar refractivity (Wildman–Crippen MR) is 84.8 cm³/mol. The summed E-state index contributed by atoms with van der Waals surface area (Å²) in [6.45, 7) is 4.07. The van der Waals surface area contributed by atoms with Crippen LogP contribution in [0.3, 0.4) is 0 Å². The molecule has 110 valence electrons. The number of benzene rings is 1. The molecule has 3 rings (SSSR count). The molecule has 1 aliphatic heterocycles.